The Balaban J connectivity index is 2.51. The van der Waals surface area contributed by atoms with Crippen LogP contribution in [0.25, 0.3) is 0 Å². The Bertz CT molecular complexity index is 589. The van der Waals surface area contributed by atoms with E-state index in [2.05, 4.69) is 40.3 Å². The van der Waals surface area contributed by atoms with E-state index < -0.39 is 0 Å². The maximum Gasteiger partial charge on any atom is 0.138 e. The van der Waals surface area contributed by atoms with Crippen molar-refractivity contribution in [3.8, 4) is 5.75 Å². The third-order valence-electron chi connectivity index (χ3n) is 3.28. The van der Waals surface area contributed by atoms with Crippen molar-refractivity contribution in [2.24, 2.45) is 0 Å². The molecular formula is C17H19BrClNO. The Labute approximate surface area is 139 Å². The zero-order valence-electron chi connectivity index (χ0n) is 12.2. The van der Waals surface area contributed by atoms with Crippen LogP contribution in [0.2, 0.25) is 5.02 Å². The minimum Gasteiger partial charge on any atom is -0.495 e. The number of hydrogen-bond acceptors (Lipinski definition) is 2. The van der Waals surface area contributed by atoms with Crippen molar-refractivity contribution in [2.45, 2.75) is 19.4 Å². The summed E-state index contributed by atoms with van der Waals surface area (Å²) in [5, 5.41) is 4.26. The molecule has 0 aliphatic rings. The first-order valence-electron chi connectivity index (χ1n) is 6.98. The summed E-state index contributed by atoms with van der Waals surface area (Å²) in [4.78, 5) is 0. The van der Waals surface area contributed by atoms with Gasteiger partial charge in [0.15, 0.2) is 0 Å². The predicted octanol–water partition coefficient (Wildman–Crippen LogP) is 5.20. The van der Waals surface area contributed by atoms with Gasteiger partial charge in [-0.15, -0.1) is 0 Å². The lowest BCUT2D eigenvalue weighted by Crippen LogP contribution is -2.23. The first kappa shape index (κ1) is 16.3. The summed E-state index contributed by atoms with van der Waals surface area (Å²) in [5.74, 6) is 0.817. The van der Waals surface area contributed by atoms with Crippen molar-refractivity contribution < 1.29 is 4.74 Å². The Hall–Kier alpha value is -1.03. The average Bonchev–Trinajstić information content (AvgIpc) is 2.48. The van der Waals surface area contributed by atoms with Gasteiger partial charge in [0.1, 0.15) is 5.75 Å². The summed E-state index contributed by atoms with van der Waals surface area (Å²) >= 11 is 9.76. The van der Waals surface area contributed by atoms with E-state index in [0.717, 1.165) is 28.8 Å². The second-order valence-corrected chi connectivity index (χ2v) is 6.10. The van der Waals surface area contributed by atoms with Crippen molar-refractivity contribution in [1.82, 2.24) is 5.32 Å². The second-order valence-electron chi connectivity index (χ2n) is 4.81. The molecule has 0 bridgehead atoms. The highest BCUT2D eigenvalue weighted by Gasteiger charge is 2.20. The van der Waals surface area contributed by atoms with Crippen LogP contribution in [0.4, 0.5) is 0 Å². The minimum absolute atomic E-state index is 0.0519. The number of nitrogens with one attached hydrogen (secondary N) is 1. The van der Waals surface area contributed by atoms with Crippen molar-refractivity contribution in [3.63, 3.8) is 0 Å². The first-order chi connectivity index (χ1) is 10.2. The van der Waals surface area contributed by atoms with Crippen LogP contribution in [0.15, 0.2) is 46.9 Å². The van der Waals surface area contributed by atoms with E-state index in [0.29, 0.717) is 5.02 Å². The third-order valence-corrected chi connectivity index (χ3v) is 4.09. The number of rotatable bonds is 6. The summed E-state index contributed by atoms with van der Waals surface area (Å²) in [6, 6.07) is 14.2. The van der Waals surface area contributed by atoms with Gasteiger partial charge in [0.05, 0.1) is 17.6 Å². The molecule has 0 fully saturated rings. The molecule has 112 valence electrons. The van der Waals surface area contributed by atoms with Gasteiger partial charge in [-0.2, -0.15) is 0 Å². The summed E-state index contributed by atoms with van der Waals surface area (Å²) < 4.78 is 6.44. The van der Waals surface area contributed by atoms with Gasteiger partial charge in [0.2, 0.25) is 0 Å². The highest BCUT2D eigenvalue weighted by Crippen LogP contribution is 2.38. The van der Waals surface area contributed by atoms with Gasteiger partial charge in [-0.05, 0) is 46.6 Å². The van der Waals surface area contributed by atoms with Crippen molar-refractivity contribution in [1.29, 1.82) is 0 Å². The molecule has 0 spiro atoms. The zero-order chi connectivity index (χ0) is 15.2. The third kappa shape index (κ3) is 4.00. The summed E-state index contributed by atoms with van der Waals surface area (Å²) in [6.07, 6.45) is 1.06. The van der Waals surface area contributed by atoms with Gasteiger partial charge in [-0.25, -0.2) is 0 Å². The lowest BCUT2D eigenvalue weighted by molar-refractivity contribution is 0.401. The van der Waals surface area contributed by atoms with Gasteiger partial charge >= 0.3 is 0 Å². The molecule has 0 saturated carbocycles. The SMILES string of the molecule is CCCNC(c1ccccc1)c1cc(Cl)cc(Br)c1OC. The molecule has 0 amide bonds. The maximum atomic E-state index is 6.23. The van der Waals surface area contributed by atoms with E-state index in [1.807, 2.05) is 30.3 Å². The van der Waals surface area contributed by atoms with Gasteiger partial charge in [0, 0.05) is 10.6 Å². The normalized spacial score (nSPS) is 12.2. The summed E-state index contributed by atoms with van der Waals surface area (Å²) in [7, 11) is 1.68. The molecule has 0 saturated heterocycles. The minimum atomic E-state index is 0.0519. The molecule has 2 aromatic rings. The molecule has 0 heterocycles. The van der Waals surface area contributed by atoms with Crippen molar-refractivity contribution >= 4 is 27.5 Å². The number of halogens is 2. The smallest absolute Gasteiger partial charge is 0.138 e. The van der Waals surface area contributed by atoms with E-state index in [-0.39, 0.29) is 6.04 Å². The lowest BCUT2D eigenvalue weighted by Gasteiger charge is -2.23. The Kier molecular flexibility index (Phi) is 6.09. The van der Waals surface area contributed by atoms with Crippen LogP contribution in [0.3, 0.4) is 0 Å². The largest absolute Gasteiger partial charge is 0.495 e. The molecule has 0 aromatic heterocycles. The van der Waals surface area contributed by atoms with Crippen LogP contribution in [0.5, 0.6) is 5.75 Å². The average molecular weight is 369 g/mol. The first-order valence-corrected chi connectivity index (χ1v) is 8.15. The van der Waals surface area contributed by atoms with E-state index in [1.54, 1.807) is 7.11 Å². The number of methoxy groups -OCH3 is 1. The fourth-order valence-corrected chi connectivity index (χ4v) is 3.35. The second kappa shape index (κ2) is 7.83. The number of ether oxygens (including phenoxy) is 1. The standard InChI is InChI=1S/C17H19BrClNO/c1-3-9-20-16(12-7-5-4-6-8-12)14-10-13(19)11-15(18)17(14)21-2/h4-8,10-11,16,20H,3,9H2,1-2H3. The fourth-order valence-electron chi connectivity index (χ4n) is 2.35. The van der Waals surface area contributed by atoms with Gasteiger partial charge < -0.3 is 10.1 Å². The number of benzene rings is 2. The van der Waals surface area contributed by atoms with Crippen LogP contribution >= 0.6 is 27.5 Å². The molecule has 0 aliphatic carbocycles. The molecule has 2 rings (SSSR count). The van der Waals surface area contributed by atoms with Crippen LogP contribution in [0, 0.1) is 0 Å². The Morgan fingerprint density at radius 3 is 2.57 bits per heavy atom. The Morgan fingerprint density at radius 2 is 1.95 bits per heavy atom. The monoisotopic (exact) mass is 367 g/mol. The van der Waals surface area contributed by atoms with E-state index in [1.165, 1.54) is 5.56 Å². The number of hydrogen-bond donors (Lipinski definition) is 1. The van der Waals surface area contributed by atoms with Crippen molar-refractivity contribution in [3.05, 3.63) is 63.1 Å². The van der Waals surface area contributed by atoms with Gasteiger partial charge in [-0.3, -0.25) is 0 Å². The molecule has 21 heavy (non-hydrogen) atoms. The zero-order valence-corrected chi connectivity index (χ0v) is 14.5. The quantitative estimate of drug-likeness (QED) is 0.756. The molecule has 0 aliphatic heterocycles. The molecule has 1 atom stereocenters. The van der Waals surface area contributed by atoms with Crippen LogP contribution < -0.4 is 10.1 Å². The lowest BCUT2D eigenvalue weighted by atomic mass is 9.97. The molecule has 0 radical (unpaired) electrons. The Morgan fingerprint density at radius 1 is 1.24 bits per heavy atom. The molecule has 2 nitrogen and oxygen atoms in total. The highest BCUT2D eigenvalue weighted by molar-refractivity contribution is 9.10. The molecule has 4 heteroatoms. The summed E-state index contributed by atoms with van der Waals surface area (Å²) in [6.45, 7) is 3.08. The van der Waals surface area contributed by atoms with E-state index in [9.17, 15) is 0 Å². The predicted molar refractivity (Wildman–Crippen MR) is 92.3 cm³/mol. The topological polar surface area (TPSA) is 21.3 Å². The maximum absolute atomic E-state index is 6.23. The van der Waals surface area contributed by atoms with Crippen LogP contribution in [-0.4, -0.2) is 13.7 Å². The van der Waals surface area contributed by atoms with Crippen molar-refractivity contribution in [2.75, 3.05) is 13.7 Å². The molecule has 1 N–H and O–H groups in total. The molecule has 2 aromatic carbocycles. The van der Waals surface area contributed by atoms with Gasteiger partial charge in [-0.1, -0.05) is 48.9 Å². The highest BCUT2D eigenvalue weighted by atomic mass is 79.9. The van der Waals surface area contributed by atoms with Crippen LogP contribution in [-0.2, 0) is 0 Å². The van der Waals surface area contributed by atoms with E-state index >= 15 is 0 Å². The summed E-state index contributed by atoms with van der Waals surface area (Å²) in [5.41, 5.74) is 2.23. The fraction of sp³-hybridized carbons (Fsp3) is 0.294. The van der Waals surface area contributed by atoms with E-state index in [4.69, 9.17) is 16.3 Å². The molecular weight excluding hydrogens is 350 g/mol. The van der Waals surface area contributed by atoms with Gasteiger partial charge in [0.25, 0.3) is 0 Å². The van der Waals surface area contributed by atoms with Crippen LogP contribution in [0.1, 0.15) is 30.5 Å². The molecule has 1 unspecified atom stereocenters.